The molecule has 1 N–H and O–H groups in total. The fourth-order valence-corrected chi connectivity index (χ4v) is 2.79. The zero-order valence-corrected chi connectivity index (χ0v) is 13.6. The predicted octanol–water partition coefficient (Wildman–Crippen LogP) is 2.03. The molecule has 21 heavy (non-hydrogen) atoms. The average Bonchev–Trinajstić information content (AvgIpc) is 2.51. The van der Waals surface area contributed by atoms with E-state index in [4.69, 9.17) is 0 Å². The molecule has 2 rings (SSSR count). The summed E-state index contributed by atoms with van der Waals surface area (Å²) in [5, 5.41) is 3.33. The Hall–Kier alpha value is -1.55. The van der Waals surface area contributed by atoms with Crippen molar-refractivity contribution in [3.05, 3.63) is 29.3 Å². The van der Waals surface area contributed by atoms with Gasteiger partial charge < -0.3 is 15.1 Å². The third-order valence-electron chi connectivity index (χ3n) is 4.33. The van der Waals surface area contributed by atoms with Crippen molar-refractivity contribution in [2.45, 2.75) is 39.3 Å². The van der Waals surface area contributed by atoms with Crippen LogP contribution < -0.4 is 10.2 Å². The fourth-order valence-electron chi connectivity index (χ4n) is 2.79. The van der Waals surface area contributed by atoms with E-state index < -0.39 is 0 Å². The molecule has 4 nitrogen and oxygen atoms in total. The highest BCUT2D eigenvalue weighted by molar-refractivity contribution is 5.81. The summed E-state index contributed by atoms with van der Waals surface area (Å²) in [5.74, 6) is 0.148. The summed E-state index contributed by atoms with van der Waals surface area (Å²) in [6, 6.07) is 6.50. The van der Waals surface area contributed by atoms with E-state index in [1.807, 2.05) is 20.9 Å². The molecule has 0 bridgehead atoms. The van der Waals surface area contributed by atoms with Crippen LogP contribution >= 0.6 is 0 Å². The van der Waals surface area contributed by atoms with Crippen LogP contribution in [-0.2, 0) is 17.8 Å². The molecule has 1 amide bonds. The number of anilines is 1. The number of carbonyl (C=O) groups excluding carboxylic acids is 1. The zero-order valence-electron chi connectivity index (χ0n) is 13.6. The molecule has 0 aromatic heterocycles. The molecule has 0 saturated heterocycles. The minimum absolute atomic E-state index is 0.145. The predicted molar refractivity (Wildman–Crippen MR) is 87.6 cm³/mol. The lowest BCUT2D eigenvalue weighted by Crippen LogP contribution is -2.42. The van der Waals surface area contributed by atoms with Gasteiger partial charge in [-0.1, -0.05) is 12.1 Å². The average molecular weight is 289 g/mol. The first-order valence-electron chi connectivity index (χ1n) is 7.84. The number of rotatable bonds is 5. The SMILES string of the molecule is CCN(C)C(=O)C(C)NCc1ccc2c(c1)CCCN2C. The molecule has 1 atom stereocenters. The highest BCUT2D eigenvalue weighted by Crippen LogP contribution is 2.26. The normalized spacial score (nSPS) is 15.5. The number of benzene rings is 1. The standard InChI is InChI=1S/C17H27N3O/c1-5-19(3)17(21)13(2)18-12-14-8-9-16-15(11-14)7-6-10-20(16)4/h8-9,11,13,18H,5-7,10,12H2,1-4H3. The van der Waals surface area contributed by atoms with Crippen molar-refractivity contribution in [3.8, 4) is 0 Å². The molecule has 1 aliphatic heterocycles. The summed E-state index contributed by atoms with van der Waals surface area (Å²) in [6.45, 7) is 6.54. The van der Waals surface area contributed by atoms with Gasteiger partial charge in [0.2, 0.25) is 5.91 Å². The minimum atomic E-state index is -0.145. The van der Waals surface area contributed by atoms with Crippen molar-refractivity contribution < 1.29 is 4.79 Å². The lowest BCUT2D eigenvalue weighted by Gasteiger charge is -2.28. The molecule has 1 aromatic rings. The summed E-state index contributed by atoms with van der Waals surface area (Å²) >= 11 is 0. The number of aryl methyl sites for hydroxylation is 1. The van der Waals surface area contributed by atoms with Gasteiger partial charge in [-0.2, -0.15) is 0 Å². The first-order chi connectivity index (χ1) is 10.0. The van der Waals surface area contributed by atoms with Gasteiger partial charge in [0.05, 0.1) is 6.04 Å². The van der Waals surface area contributed by atoms with E-state index in [0.717, 1.165) is 26.1 Å². The van der Waals surface area contributed by atoms with Crippen LogP contribution in [0.25, 0.3) is 0 Å². The molecule has 0 aliphatic carbocycles. The Kier molecular flexibility index (Phi) is 5.23. The lowest BCUT2D eigenvalue weighted by atomic mass is 9.99. The van der Waals surface area contributed by atoms with Crippen LogP contribution in [0.5, 0.6) is 0 Å². The Morgan fingerprint density at radius 3 is 2.95 bits per heavy atom. The van der Waals surface area contributed by atoms with Crippen molar-refractivity contribution >= 4 is 11.6 Å². The number of carbonyl (C=O) groups is 1. The van der Waals surface area contributed by atoms with Crippen molar-refractivity contribution in [2.24, 2.45) is 0 Å². The van der Waals surface area contributed by atoms with E-state index in [0.29, 0.717) is 0 Å². The number of amides is 1. The van der Waals surface area contributed by atoms with Crippen LogP contribution in [0.15, 0.2) is 18.2 Å². The van der Waals surface area contributed by atoms with Crippen LogP contribution in [0.4, 0.5) is 5.69 Å². The first-order valence-corrected chi connectivity index (χ1v) is 7.84. The second kappa shape index (κ2) is 6.94. The summed E-state index contributed by atoms with van der Waals surface area (Å²) in [6.07, 6.45) is 2.37. The number of nitrogens with zero attached hydrogens (tertiary/aromatic N) is 2. The first kappa shape index (κ1) is 15.8. The van der Waals surface area contributed by atoms with E-state index in [1.165, 1.54) is 23.2 Å². The molecular formula is C17H27N3O. The highest BCUT2D eigenvalue weighted by Gasteiger charge is 2.17. The van der Waals surface area contributed by atoms with Gasteiger partial charge in [-0.25, -0.2) is 0 Å². The van der Waals surface area contributed by atoms with Crippen LogP contribution in [0, 0.1) is 0 Å². The van der Waals surface area contributed by atoms with E-state index >= 15 is 0 Å². The largest absolute Gasteiger partial charge is 0.374 e. The molecule has 0 spiro atoms. The zero-order chi connectivity index (χ0) is 15.4. The van der Waals surface area contributed by atoms with Gasteiger partial charge in [0.15, 0.2) is 0 Å². The second-order valence-corrected chi connectivity index (χ2v) is 5.94. The molecule has 0 saturated carbocycles. The Labute approximate surface area is 128 Å². The Morgan fingerprint density at radius 2 is 2.24 bits per heavy atom. The number of hydrogen-bond donors (Lipinski definition) is 1. The van der Waals surface area contributed by atoms with Crippen LogP contribution in [0.3, 0.4) is 0 Å². The van der Waals surface area contributed by atoms with Gasteiger partial charge in [0.1, 0.15) is 0 Å². The molecule has 116 valence electrons. The smallest absolute Gasteiger partial charge is 0.239 e. The Morgan fingerprint density at radius 1 is 1.48 bits per heavy atom. The molecule has 0 fully saturated rings. The molecule has 0 radical (unpaired) electrons. The summed E-state index contributed by atoms with van der Waals surface area (Å²) in [7, 11) is 3.99. The Balaban J connectivity index is 1.96. The monoisotopic (exact) mass is 289 g/mol. The van der Waals surface area contributed by atoms with E-state index in [2.05, 4.69) is 35.5 Å². The summed E-state index contributed by atoms with van der Waals surface area (Å²) in [4.78, 5) is 16.1. The van der Waals surface area contributed by atoms with Gasteiger partial charge in [-0.3, -0.25) is 4.79 Å². The van der Waals surface area contributed by atoms with Gasteiger partial charge in [0.25, 0.3) is 0 Å². The van der Waals surface area contributed by atoms with Crippen molar-refractivity contribution in [1.29, 1.82) is 0 Å². The molecule has 1 aliphatic rings. The van der Waals surface area contributed by atoms with Gasteiger partial charge in [0, 0.05) is 39.4 Å². The van der Waals surface area contributed by atoms with Gasteiger partial charge in [-0.05, 0) is 43.9 Å². The summed E-state index contributed by atoms with van der Waals surface area (Å²) < 4.78 is 0. The van der Waals surface area contributed by atoms with E-state index in [-0.39, 0.29) is 11.9 Å². The second-order valence-electron chi connectivity index (χ2n) is 5.94. The van der Waals surface area contributed by atoms with Crippen LogP contribution in [0.2, 0.25) is 0 Å². The fraction of sp³-hybridized carbons (Fsp3) is 0.588. The molecule has 1 unspecified atom stereocenters. The minimum Gasteiger partial charge on any atom is -0.374 e. The van der Waals surface area contributed by atoms with E-state index in [9.17, 15) is 4.79 Å². The third-order valence-corrected chi connectivity index (χ3v) is 4.33. The summed E-state index contributed by atoms with van der Waals surface area (Å²) in [5.41, 5.74) is 4.02. The number of fused-ring (bicyclic) bond motifs is 1. The molecule has 4 heteroatoms. The lowest BCUT2D eigenvalue weighted by molar-refractivity contribution is -0.131. The van der Waals surface area contributed by atoms with E-state index in [1.54, 1.807) is 4.90 Å². The van der Waals surface area contributed by atoms with Crippen molar-refractivity contribution in [3.63, 3.8) is 0 Å². The quantitative estimate of drug-likeness (QED) is 0.901. The van der Waals surface area contributed by atoms with Crippen molar-refractivity contribution in [2.75, 3.05) is 32.1 Å². The molecule has 1 heterocycles. The van der Waals surface area contributed by atoms with Crippen LogP contribution in [0.1, 0.15) is 31.4 Å². The Bertz CT molecular complexity index is 501. The maximum Gasteiger partial charge on any atom is 0.239 e. The molecule has 1 aromatic carbocycles. The highest BCUT2D eigenvalue weighted by atomic mass is 16.2. The number of hydrogen-bond acceptors (Lipinski definition) is 3. The van der Waals surface area contributed by atoms with Crippen molar-refractivity contribution in [1.82, 2.24) is 10.2 Å². The van der Waals surface area contributed by atoms with Crippen LogP contribution in [-0.4, -0.2) is 44.0 Å². The maximum absolute atomic E-state index is 12.0. The third kappa shape index (κ3) is 3.76. The maximum atomic E-state index is 12.0. The van der Waals surface area contributed by atoms with Gasteiger partial charge in [-0.15, -0.1) is 0 Å². The topological polar surface area (TPSA) is 35.6 Å². The van der Waals surface area contributed by atoms with Gasteiger partial charge >= 0.3 is 0 Å². The molecular weight excluding hydrogens is 262 g/mol. The number of nitrogens with one attached hydrogen (secondary N) is 1. The number of likely N-dealkylation sites (N-methyl/N-ethyl adjacent to an activating group) is 1.